The van der Waals surface area contributed by atoms with E-state index in [1.54, 1.807) is 31.5 Å². The van der Waals surface area contributed by atoms with Gasteiger partial charge in [-0.3, -0.25) is 9.78 Å². The molecule has 8 heteroatoms. The molecule has 2 aromatic carbocycles. The summed E-state index contributed by atoms with van der Waals surface area (Å²) < 4.78 is 33.2. The minimum absolute atomic E-state index is 0.0304. The van der Waals surface area contributed by atoms with Crippen molar-refractivity contribution in [3.63, 3.8) is 0 Å². The zero-order chi connectivity index (χ0) is 23.0. The summed E-state index contributed by atoms with van der Waals surface area (Å²) >= 11 is 0. The lowest BCUT2D eigenvalue weighted by Crippen LogP contribution is -2.31. The molecular formula is C24H27N3O4S. The van der Waals surface area contributed by atoms with Crippen LogP contribution in [0.5, 0.6) is 5.75 Å². The minimum atomic E-state index is -3.65. The molecule has 2 N–H and O–H groups in total. The fourth-order valence-corrected chi connectivity index (χ4v) is 4.38. The quantitative estimate of drug-likeness (QED) is 0.491. The molecule has 0 spiro atoms. The number of aromatic nitrogens is 1. The van der Waals surface area contributed by atoms with E-state index in [9.17, 15) is 13.2 Å². The van der Waals surface area contributed by atoms with Crippen molar-refractivity contribution in [3.05, 3.63) is 89.2 Å². The van der Waals surface area contributed by atoms with Crippen LogP contribution in [-0.4, -0.2) is 25.9 Å². The second-order valence-electron chi connectivity index (χ2n) is 7.49. The molecule has 7 nitrogen and oxygen atoms in total. The zero-order valence-corrected chi connectivity index (χ0v) is 19.0. The van der Waals surface area contributed by atoms with Gasteiger partial charge in [-0.05, 0) is 54.8 Å². The second kappa shape index (κ2) is 10.9. The van der Waals surface area contributed by atoms with Crippen LogP contribution < -0.4 is 14.8 Å². The molecule has 0 saturated carbocycles. The smallest absolute Gasteiger partial charge is 0.240 e. The molecule has 3 aromatic rings. The summed E-state index contributed by atoms with van der Waals surface area (Å²) in [5.41, 5.74) is 3.43. The Labute approximate surface area is 188 Å². The van der Waals surface area contributed by atoms with Gasteiger partial charge in [0.15, 0.2) is 0 Å². The molecule has 0 saturated heterocycles. The van der Waals surface area contributed by atoms with Crippen molar-refractivity contribution in [1.82, 2.24) is 15.0 Å². The molecule has 0 aliphatic carbocycles. The van der Waals surface area contributed by atoms with Crippen LogP contribution in [0.4, 0.5) is 0 Å². The summed E-state index contributed by atoms with van der Waals surface area (Å²) in [5.74, 6) is 0.496. The Balaban J connectivity index is 1.41. The highest BCUT2D eigenvalue weighted by Gasteiger charge is 2.17. The van der Waals surface area contributed by atoms with E-state index in [4.69, 9.17) is 4.74 Å². The number of ether oxygens (including phenoxy) is 1. The van der Waals surface area contributed by atoms with Crippen LogP contribution in [0.15, 0.2) is 71.9 Å². The van der Waals surface area contributed by atoms with E-state index in [0.29, 0.717) is 18.7 Å². The van der Waals surface area contributed by atoms with E-state index < -0.39 is 10.0 Å². The highest BCUT2D eigenvalue weighted by molar-refractivity contribution is 7.89. The summed E-state index contributed by atoms with van der Waals surface area (Å²) in [6.07, 6.45) is 3.52. The summed E-state index contributed by atoms with van der Waals surface area (Å²) in [6, 6.07) is 16.5. The van der Waals surface area contributed by atoms with E-state index in [0.717, 1.165) is 22.4 Å². The van der Waals surface area contributed by atoms with E-state index in [-0.39, 0.29) is 23.8 Å². The van der Waals surface area contributed by atoms with Crippen molar-refractivity contribution in [2.24, 2.45) is 0 Å². The minimum Gasteiger partial charge on any atom is -0.489 e. The number of nitrogens with zero attached hydrogens (tertiary/aromatic N) is 1. The topological polar surface area (TPSA) is 97.4 Å². The second-order valence-corrected chi connectivity index (χ2v) is 9.22. The number of nitrogens with one attached hydrogen (secondary N) is 2. The van der Waals surface area contributed by atoms with Crippen molar-refractivity contribution < 1.29 is 17.9 Å². The average Bonchev–Trinajstić information content (AvgIpc) is 2.79. The first-order valence-electron chi connectivity index (χ1n) is 10.3. The zero-order valence-electron chi connectivity index (χ0n) is 18.2. The molecule has 32 heavy (non-hydrogen) atoms. The van der Waals surface area contributed by atoms with Gasteiger partial charge in [0.2, 0.25) is 15.9 Å². The van der Waals surface area contributed by atoms with Crippen LogP contribution in [0, 0.1) is 13.8 Å². The van der Waals surface area contributed by atoms with Crippen molar-refractivity contribution in [3.8, 4) is 5.75 Å². The third-order valence-electron chi connectivity index (χ3n) is 4.82. The molecule has 0 aliphatic rings. The van der Waals surface area contributed by atoms with Crippen molar-refractivity contribution in [1.29, 1.82) is 0 Å². The monoisotopic (exact) mass is 453 g/mol. The molecule has 0 aliphatic heterocycles. The number of benzene rings is 2. The Morgan fingerprint density at radius 1 is 1.03 bits per heavy atom. The fraction of sp³-hybridized carbons (Fsp3) is 0.250. The first-order valence-corrected chi connectivity index (χ1v) is 11.8. The normalized spacial score (nSPS) is 11.2. The van der Waals surface area contributed by atoms with Gasteiger partial charge in [0.05, 0.1) is 4.90 Å². The average molecular weight is 454 g/mol. The van der Waals surface area contributed by atoms with Gasteiger partial charge in [0.1, 0.15) is 12.4 Å². The highest BCUT2D eigenvalue weighted by atomic mass is 32.2. The standard InChI is InChI=1S/C24H27N3O4S/c1-18-5-6-19(2)23(14-18)32(29,30)27-13-11-24(28)26-16-20-7-9-22(10-8-20)31-17-21-4-3-12-25-15-21/h3-10,12,14-15,27H,11,13,16-17H2,1-2H3,(H,26,28). The van der Waals surface area contributed by atoms with Crippen LogP contribution in [0.2, 0.25) is 0 Å². The lowest BCUT2D eigenvalue weighted by molar-refractivity contribution is -0.121. The predicted octanol–water partition coefficient (Wildman–Crippen LogP) is 3.26. The third kappa shape index (κ3) is 6.90. The molecule has 0 unspecified atom stereocenters. The first kappa shape index (κ1) is 23.4. The Kier molecular flexibility index (Phi) is 7.97. The Hall–Kier alpha value is -3.23. The number of aryl methyl sites for hydroxylation is 2. The predicted molar refractivity (Wildman–Crippen MR) is 123 cm³/mol. The molecule has 0 radical (unpaired) electrons. The number of hydrogen-bond acceptors (Lipinski definition) is 5. The Morgan fingerprint density at radius 3 is 2.53 bits per heavy atom. The highest BCUT2D eigenvalue weighted by Crippen LogP contribution is 2.16. The first-order chi connectivity index (χ1) is 15.3. The number of rotatable bonds is 10. The van der Waals surface area contributed by atoms with E-state index in [2.05, 4.69) is 15.0 Å². The third-order valence-corrected chi connectivity index (χ3v) is 6.42. The number of carbonyl (C=O) groups excluding carboxylic acids is 1. The molecule has 1 amide bonds. The van der Waals surface area contributed by atoms with Crippen LogP contribution in [0.3, 0.4) is 0 Å². The molecule has 168 valence electrons. The molecule has 1 heterocycles. The summed E-state index contributed by atoms with van der Waals surface area (Å²) in [6.45, 7) is 4.40. The molecule has 0 fully saturated rings. The van der Waals surface area contributed by atoms with Crippen molar-refractivity contribution in [2.75, 3.05) is 6.54 Å². The van der Waals surface area contributed by atoms with Gasteiger partial charge in [-0.1, -0.05) is 30.3 Å². The number of carbonyl (C=O) groups is 1. The maximum Gasteiger partial charge on any atom is 0.240 e. The molecule has 0 atom stereocenters. The van der Waals surface area contributed by atoms with Crippen LogP contribution in [-0.2, 0) is 28.0 Å². The largest absolute Gasteiger partial charge is 0.489 e. The van der Waals surface area contributed by atoms with Crippen molar-refractivity contribution in [2.45, 2.75) is 38.3 Å². The molecule has 0 bridgehead atoms. The van der Waals surface area contributed by atoms with Crippen LogP contribution >= 0.6 is 0 Å². The van der Waals surface area contributed by atoms with Crippen molar-refractivity contribution >= 4 is 15.9 Å². The van der Waals surface area contributed by atoms with Gasteiger partial charge in [0, 0.05) is 37.5 Å². The van der Waals surface area contributed by atoms with Crippen LogP contribution in [0.1, 0.15) is 28.7 Å². The number of sulfonamides is 1. The number of pyridine rings is 1. The lowest BCUT2D eigenvalue weighted by atomic mass is 10.2. The van der Waals surface area contributed by atoms with Gasteiger partial charge in [-0.25, -0.2) is 13.1 Å². The molecule has 1 aromatic heterocycles. The maximum atomic E-state index is 12.5. The Bertz CT molecular complexity index is 1150. The molecular weight excluding hydrogens is 426 g/mol. The fourth-order valence-electron chi connectivity index (χ4n) is 3.02. The van der Waals surface area contributed by atoms with E-state index in [1.807, 2.05) is 49.4 Å². The van der Waals surface area contributed by atoms with Gasteiger partial charge in [-0.2, -0.15) is 0 Å². The van der Waals surface area contributed by atoms with E-state index in [1.165, 1.54) is 0 Å². The summed E-state index contributed by atoms with van der Waals surface area (Å²) in [5, 5.41) is 2.80. The van der Waals surface area contributed by atoms with Gasteiger partial charge in [0.25, 0.3) is 0 Å². The summed E-state index contributed by atoms with van der Waals surface area (Å²) in [4.78, 5) is 16.4. The number of hydrogen-bond donors (Lipinski definition) is 2. The van der Waals surface area contributed by atoms with Gasteiger partial charge < -0.3 is 10.1 Å². The Morgan fingerprint density at radius 2 is 1.81 bits per heavy atom. The lowest BCUT2D eigenvalue weighted by Gasteiger charge is -2.11. The van der Waals surface area contributed by atoms with E-state index >= 15 is 0 Å². The van der Waals surface area contributed by atoms with Gasteiger partial charge in [-0.15, -0.1) is 0 Å². The maximum absolute atomic E-state index is 12.5. The summed E-state index contributed by atoms with van der Waals surface area (Å²) in [7, 11) is -3.65. The SMILES string of the molecule is Cc1ccc(C)c(S(=O)(=O)NCCC(=O)NCc2ccc(OCc3cccnc3)cc2)c1. The number of amides is 1. The van der Waals surface area contributed by atoms with Gasteiger partial charge >= 0.3 is 0 Å². The molecule has 3 rings (SSSR count). The van der Waals surface area contributed by atoms with Crippen LogP contribution in [0.25, 0.3) is 0 Å².